The number of hydrogen-bond acceptors (Lipinski definition) is 3. The molecule has 1 aromatic rings. The summed E-state index contributed by atoms with van der Waals surface area (Å²) in [6.45, 7) is 2.71. The number of carbonyl (C=O) groups is 2. The molecule has 2 atom stereocenters. The van der Waals surface area contributed by atoms with Crippen molar-refractivity contribution < 1.29 is 9.59 Å². The van der Waals surface area contributed by atoms with E-state index in [4.69, 9.17) is 0 Å². The lowest BCUT2D eigenvalue weighted by Crippen LogP contribution is -2.48. The Morgan fingerprint density at radius 1 is 1.30 bits per heavy atom. The molecule has 0 N–H and O–H groups in total. The molecule has 4 nitrogen and oxygen atoms in total. The first kappa shape index (κ1) is 17.9. The largest absolute Gasteiger partial charge is 0.340 e. The Bertz CT molecular complexity index is 535. The lowest BCUT2D eigenvalue weighted by molar-refractivity contribution is -0.147. The van der Waals surface area contributed by atoms with E-state index in [0.29, 0.717) is 13.0 Å². The normalized spacial score (nSPS) is 17.7. The van der Waals surface area contributed by atoms with Gasteiger partial charge in [0.05, 0.1) is 0 Å². The molecule has 2 rings (SSSR count). The van der Waals surface area contributed by atoms with Crippen LogP contribution in [0.4, 0.5) is 0 Å². The fourth-order valence-electron chi connectivity index (χ4n) is 2.95. The molecule has 126 valence electrons. The predicted octanol–water partition coefficient (Wildman–Crippen LogP) is 2.95. The van der Waals surface area contributed by atoms with Crippen LogP contribution in [0.15, 0.2) is 30.3 Å². The molecular formula is C18H26N2O2S. The number of benzene rings is 1. The Kier molecular flexibility index (Phi) is 6.51. The minimum absolute atomic E-state index is 0.00741. The highest BCUT2D eigenvalue weighted by atomic mass is 32.2. The summed E-state index contributed by atoms with van der Waals surface area (Å²) in [6.07, 6.45) is 4.47. The molecule has 0 bridgehead atoms. The van der Waals surface area contributed by atoms with Gasteiger partial charge >= 0.3 is 0 Å². The molecule has 1 saturated heterocycles. The summed E-state index contributed by atoms with van der Waals surface area (Å²) in [4.78, 5) is 29.1. The third-order valence-corrected chi connectivity index (χ3v) is 5.25. The molecule has 2 unspecified atom stereocenters. The Hall–Kier alpha value is -1.49. The Morgan fingerprint density at radius 2 is 2.00 bits per heavy atom. The summed E-state index contributed by atoms with van der Waals surface area (Å²) in [6, 6.07) is 9.31. The monoisotopic (exact) mass is 334 g/mol. The van der Waals surface area contributed by atoms with Crippen molar-refractivity contribution in [1.29, 1.82) is 0 Å². The highest BCUT2D eigenvalue weighted by Crippen LogP contribution is 2.28. The van der Waals surface area contributed by atoms with Gasteiger partial charge in [-0.1, -0.05) is 30.3 Å². The van der Waals surface area contributed by atoms with Crippen molar-refractivity contribution in [2.45, 2.75) is 38.3 Å². The van der Waals surface area contributed by atoms with E-state index in [0.717, 1.165) is 24.2 Å². The molecule has 0 radical (unpaired) electrons. The Morgan fingerprint density at radius 3 is 2.61 bits per heavy atom. The number of thioether (sulfide) groups is 1. The molecule has 1 heterocycles. The SMILES string of the molecule is CSCC(C)N(C)C(=O)C(c1ccccc1)N1CCCCC1=O. The van der Waals surface area contributed by atoms with E-state index in [-0.39, 0.29) is 17.9 Å². The van der Waals surface area contributed by atoms with Gasteiger partial charge in [-0.15, -0.1) is 0 Å². The van der Waals surface area contributed by atoms with Crippen LogP contribution in [0.2, 0.25) is 0 Å². The zero-order valence-corrected chi connectivity index (χ0v) is 15.0. The number of hydrogen-bond donors (Lipinski definition) is 0. The lowest BCUT2D eigenvalue weighted by atomic mass is 9.99. The van der Waals surface area contributed by atoms with E-state index in [9.17, 15) is 9.59 Å². The van der Waals surface area contributed by atoms with Crippen LogP contribution < -0.4 is 0 Å². The van der Waals surface area contributed by atoms with E-state index < -0.39 is 6.04 Å². The molecule has 1 fully saturated rings. The topological polar surface area (TPSA) is 40.6 Å². The second-order valence-corrected chi connectivity index (χ2v) is 7.02. The van der Waals surface area contributed by atoms with E-state index in [1.807, 2.05) is 43.6 Å². The Balaban J connectivity index is 2.29. The van der Waals surface area contributed by atoms with Gasteiger partial charge in [-0.05, 0) is 31.6 Å². The standard InChI is InChI=1S/C18H26N2O2S/c1-14(13-23-3)19(2)18(22)17(15-9-5-4-6-10-15)20-12-8-7-11-16(20)21/h4-6,9-10,14,17H,7-8,11-13H2,1-3H3. The predicted molar refractivity (Wildman–Crippen MR) is 95.4 cm³/mol. The molecule has 0 saturated carbocycles. The van der Waals surface area contributed by atoms with Gasteiger partial charge in [0.15, 0.2) is 0 Å². The summed E-state index contributed by atoms with van der Waals surface area (Å²) in [7, 11) is 1.84. The van der Waals surface area contributed by atoms with Crippen LogP contribution in [0, 0.1) is 0 Å². The summed E-state index contributed by atoms with van der Waals surface area (Å²) in [5.74, 6) is 0.981. The number of likely N-dealkylation sites (N-methyl/N-ethyl adjacent to an activating group) is 1. The van der Waals surface area contributed by atoms with Crippen molar-refractivity contribution >= 4 is 23.6 Å². The highest BCUT2D eigenvalue weighted by molar-refractivity contribution is 7.98. The average molecular weight is 334 g/mol. The average Bonchev–Trinajstić information content (AvgIpc) is 2.57. The van der Waals surface area contributed by atoms with Crippen molar-refractivity contribution in [2.75, 3.05) is 25.6 Å². The maximum absolute atomic E-state index is 13.1. The number of piperidine rings is 1. The van der Waals surface area contributed by atoms with Gasteiger partial charge in [0.25, 0.3) is 0 Å². The second-order valence-electron chi connectivity index (χ2n) is 6.11. The van der Waals surface area contributed by atoms with E-state index in [1.54, 1.807) is 21.6 Å². The smallest absolute Gasteiger partial charge is 0.250 e. The number of nitrogens with zero attached hydrogens (tertiary/aromatic N) is 2. The maximum Gasteiger partial charge on any atom is 0.250 e. The van der Waals surface area contributed by atoms with E-state index in [1.165, 1.54) is 0 Å². The van der Waals surface area contributed by atoms with Gasteiger partial charge in [-0.2, -0.15) is 11.8 Å². The summed E-state index contributed by atoms with van der Waals surface area (Å²) < 4.78 is 0. The summed E-state index contributed by atoms with van der Waals surface area (Å²) >= 11 is 1.72. The Labute approximate surface area is 143 Å². The highest BCUT2D eigenvalue weighted by Gasteiger charge is 2.35. The first-order valence-electron chi connectivity index (χ1n) is 8.16. The van der Waals surface area contributed by atoms with Crippen LogP contribution in [0.3, 0.4) is 0 Å². The van der Waals surface area contributed by atoms with Crippen LogP contribution in [-0.2, 0) is 9.59 Å². The van der Waals surface area contributed by atoms with Crippen molar-refractivity contribution in [2.24, 2.45) is 0 Å². The zero-order valence-electron chi connectivity index (χ0n) is 14.2. The molecule has 0 aromatic heterocycles. The molecule has 0 spiro atoms. The number of rotatable bonds is 6. The van der Waals surface area contributed by atoms with Gasteiger partial charge in [-0.3, -0.25) is 9.59 Å². The minimum Gasteiger partial charge on any atom is -0.340 e. The molecule has 2 amide bonds. The zero-order chi connectivity index (χ0) is 16.8. The van der Waals surface area contributed by atoms with Gasteiger partial charge in [0, 0.05) is 31.8 Å². The molecule has 23 heavy (non-hydrogen) atoms. The van der Waals surface area contributed by atoms with E-state index in [2.05, 4.69) is 6.92 Å². The third kappa shape index (κ3) is 4.28. The quantitative estimate of drug-likeness (QED) is 0.803. The maximum atomic E-state index is 13.1. The van der Waals surface area contributed by atoms with Crippen molar-refractivity contribution in [3.05, 3.63) is 35.9 Å². The van der Waals surface area contributed by atoms with Crippen LogP contribution in [0.25, 0.3) is 0 Å². The molecular weight excluding hydrogens is 308 g/mol. The number of likely N-dealkylation sites (tertiary alicyclic amines) is 1. The lowest BCUT2D eigenvalue weighted by Gasteiger charge is -2.37. The number of carbonyl (C=O) groups excluding carboxylic acids is 2. The van der Waals surface area contributed by atoms with Crippen molar-refractivity contribution in [3.8, 4) is 0 Å². The van der Waals surface area contributed by atoms with Crippen LogP contribution in [0.1, 0.15) is 37.8 Å². The van der Waals surface area contributed by atoms with Crippen LogP contribution in [-0.4, -0.2) is 53.3 Å². The molecule has 1 aliphatic heterocycles. The fraction of sp³-hybridized carbons (Fsp3) is 0.556. The third-order valence-electron chi connectivity index (χ3n) is 4.44. The molecule has 0 aliphatic carbocycles. The van der Waals surface area contributed by atoms with Crippen LogP contribution in [0.5, 0.6) is 0 Å². The van der Waals surface area contributed by atoms with E-state index >= 15 is 0 Å². The van der Waals surface area contributed by atoms with Gasteiger partial charge in [0.1, 0.15) is 6.04 Å². The molecule has 1 aromatic carbocycles. The van der Waals surface area contributed by atoms with Gasteiger partial charge in [0.2, 0.25) is 11.8 Å². The minimum atomic E-state index is -0.502. The molecule has 5 heteroatoms. The number of amides is 2. The van der Waals surface area contributed by atoms with Crippen molar-refractivity contribution in [1.82, 2.24) is 9.80 Å². The summed E-state index contributed by atoms with van der Waals surface area (Å²) in [5.41, 5.74) is 0.899. The van der Waals surface area contributed by atoms with Crippen molar-refractivity contribution in [3.63, 3.8) is 0 Å². The van der Waals surface area contributed by atoms with Crippen LogP contribution >= 0.6 is 11.8 Å². The first-order chi connectivity index (χ1) is 11.1. The second kappa shape index (κ2) is 8.39. The molecule has 1 aliphatic rings. The first-order valence-corrected chi connectivity index (χ1v) is 9.55. The van der Waals surface area contributed by atoms with Gasteiger partial charge < -0.3 is 9.80 Å². The fourth-order valence-corrected chi connectivity index (χ4v) is 3.66. The van der Waals surface area contributed by atoms with Gasteiger partial charge in [-0.25, -0.2) is 0 Å². The summed E-state index contributed by atoms with van der Waals surface area (Å²) in [5, 5.41) is 0.